The van der Waals surface area contributed by atoms with E-state index in [0.29, 0.717) is 29.2 Å². The zero-order valence-corrected chi connectivity index (χ0v) is 18.2. The molecule has 9 heteroatoms. The van der Waals surface area contributed by atoms with Crippen LogP contribution in [0.15, 0.2) is 0 Å². The van der Waals surface area contributed by atoms with Crippen molar-refractivity contribution in [3.63, 3.8) is 0 Å². The molecule has 6 nitrogen and oxygen atoms in total. The molecule has 0 atom stereocenters. The van der Waals surface area contributed by atoms with Crippen molar-refractivity contribution in [2.24, 2.45) is 0 Å². The molecule has 0 bridgehead atoms. The first-order chi connectivity index (χ1) is 10.3. The third-order valence-corrected chi connectivity index (χ3v) is 5.96. The van der Waals surface area contributed by atoms with Gasteiger partial charge in [0.1, 0.15) is 0 Å². The summed E-state index contributed by atoms with van der Waals surface area (Å²) in [5, 5.41) is 14.6. The maximum absolute atomic E-state index is 12.1. The number of carboxylic acids is 1. The fourth-order valence-corrected chi connectivity index (χ4v) is 6.10. The molecule has 2 amide bonds. The number of hydrogen-bond donors (Lipinski definition) is 3. The molecule has 120 valence electrons. The van der Waals surface area contributed by atoms with Crippen LogP contribution >= 0.6 is 67.8 Å². The Morgan fingerprint density at radius 2 is 1.59 bits per heavy atom. The van der Waals surface area contributed by atoms with Gasteiger partial charge in [0.2, 0.25) is 5.91 Å². The average molecular weight is 642 g/mol. The summed E-state index contributed by atoms with van der Waals surface area (Å²) in [7, 11) is 1.47. The average Bonchev–Trinajstić information content (AvgIpc) is 2.43. The van der Waals surface area contributed by atoms with E-state index in [1.807, 2.05) is 74.7 Å². The highest BCUT2D eigenvalue weighted by atomic mass is 127. The number of carboxylic acid groups (broad SMARTS) is 1. The normalized spacial score (nSPS) is 10.2. The van der Waals surface area contributed by atoms with Crippen molar-refractivity contribution < 1.29 is 19.5 Å². The van der Waals surface area contributed by atoms with E-state index < -0.39 is 11.9 Å². The molecule has 0 saturated carbocycles. The van der Waals surface area contributed by atoms with Gasteiger partial charge in [0, 0.05) is 17.0 Å². The van der Waals surface area contributed by atoms with E-state index in [2.05, 4.69) is 10.6 Å². The van der Waals surface area contributed by atoms with Crippen molar-refractivity contribution in [3.8, 4) is 0 Å². The second kappa shape index (κ2) is 8.61. The maximum atomic E-state index is 12.1. The summed E-state index contributed by atoms with van der Waals surface area (Å²) in [5.41, 5.74) is 0.649. The number of benzene rings is 1. The molecule has 0 aromatic heterocycles. The molecule has 0 radical (unpaired) electrons. The molecule has 0 heterocycles. The summed E-state index contributed by atoms with van der Waals surface area (Å²) >= 11 is 5.69. The van der Waals surface area contributed by atoms with Gasteiger partial charge in [0.05, 0.1) is 24.0 Å². The molecule has 0 spiro atoms. The lowest BCUT2D eigenvalue weighted by Gasteiger charge is -2.17. The molecule has 22 heavy (non-hydrogen) atoms. The second-order valence-corrected chi connectivity index (χ2v) is 7.49. The Hall–Kier alpha value is -0.180. The summed E-state index contributed by atoms with van der Waals surface area (Å²) < 4.78 is 1.29. The largest absolute Gasteiger partial charge is 0.478 e. The molecular formula is C13H13I3N2O4. The molecule has 1 aromatic carbocycles. The van der Waals surface area contributed by atoms with Crippen LogP contribution in [-0.2, 0) is 4.79 Å². The first kappa shape index (κ1) is 19.9. The van der Waals surface area contributed by atoms with Crippen molar-refractivity contribution in [1.29, 1.82) is 0 Å². The number of aromatic carboxylic acids is 1. The van der Waals surface area contributed by atoms with Crippen LogP contribution in [0.3, 0.4) is 0 Å². The topological polar surface area (TPSA) is 95.5 Å². The Bertz CT molecular complexity index is 647. The van der Waals surface area contributed by atoms with E-state index in [1.54, 1.807) is 0 Å². The number of anilines is 1. The van der Waals surface area contributed by atoms with Crippen molar-refractivity contribution in [1.82, 2.24) is 5.32 Å². The Morgan fingerprint density at radius 1 is 1.05 bits per heavy atom. The second-order valence-electron chi connectivity index (χ2n) is 4.25. The summed E-state index contributed by atoms with van der Waals surface area (Å²) in [6.07, 6.45) is 1.01. The van der Waals surface area contributed by atoms with Crippen LogP contribution in [0, 0.1) is 10.7 Å². The first-order valence-electron chi connectivity index (χ1n) is 6.21. The fraction of sp³-hybridized carbons (Fsp3) is 0.308. The Morgan fingerprint density at radius 3 is 2.05 bits per heavy atom. The van der Waals surface area contributed by atoms with E-state index >= 15 is 0 Å². The third kappa shape index (κ3) is 4.21. The Kier molecular flexibility index (Phi) is 7.78. The minimum absolute atomic E-state index is 0.0204. The molecule has 0 aliphatic heterocycles. The van der Waals surface area contributed by atoms with Crippen LogP contribution in [-0.4, -0.2) is 29.9 Å². The highest BCUT2D eigenvalue weighted by Crippen LogP contribution is 2.35. The van der Waals surface area contributed by atoms with Crippen molar-refractivity contribution in [2.45, 2.75) is 19.8 Å². The number of carbonyl (C=O) groups is 3. The highest BCUT2D eigenvalue weighted by Gasteiger charge is 2.27. The van der Waals surface area contributed by atoms with E-state index in [1.165, 1.54) is 7.05 Å². The van der Waals surface area contributed by atoms with E-state index in [-0.39, 0.29) is 17.0 Å². The van der Waals surface area contributed by atoms with Crippen molar-refractivity contribution in [3.05, 3.63) is 21.8 Å². The highest BCUT2D eigenvalue weighted by molar-refractivity contribution is 14.1. The van der Waals surface area contributed by atoms with Gasteiger partial charge in [-0.1, -0.05) is 6.92 Å². The molecule has 0 fully saturated rings. The van der Waals surface area contributed by atoms with E-state index in [4.69, 9.17) is 0 Å². The standard InChI is InChI=1S/C13H13I3N2O4/c1-3-4-5(19)18-11-9(15)6(12(20)17-2)8(14)7(10(11)16)13(21)22/h3-4H2,1-2H3,(H,17,20)(H,18,19)(H,21,22). The van der Waals surface area contributed by atoms with Crippen molar-refractivity contribution in [2.75, 3.05) is 12.4 Å². The van der Waals surface area contributed by atoms with Gasteiger partial charge in [0.15, 0.2) is 0 Å². The summed E-state index contributed by atoms with van der Waals surface area (Å²) in [4.78, 5) is 35.5. The van der Waals surface area contributed by atoms with Gasteiger partial charge in [-0.2, -0.15) is 0 Å². The zero-order valence-electron chi connectivity index (χ0n) is 11.7. The van der Waals surface area contributed by atoms with E-state index in [9.17, 15) is 19.5 Å². The molecule has 0 saturated heterocycles. The minimum Gasteiger partial charge on any atom is -0.478 e. The molecule has 0 unspecified atom stereocenters. The quantitative estimate of drug-likeness (QED) is 0.430. The Balaban J connectivity index is 3.62. The number of nitrogens with one attached hydrogen (secondary N) is 2. The molecule has 3 N–H and O–H groups in total. The number of carbonyl (C=O) groups excluding carboxylic acids is 2. The number of rotatable bonds is 5. The smallest absolute Gasteiger partial charge is 0.337 e. The third-order valence-electron chi connectivity index (χ3n) is 2.73. The zero-order chi connectivity index (χ0) is 17.0. The lowest BCUT2D eigenvalue weighted by Crippen LogP contribution is -2.24. The maximum Gasteiger partial charge on any atom is 0.337 e. The van der Waals surface area contributed by atoms with Gasteiger partial charge in [0.25, 0.3) is 5.91 Å². The van der Waals surface area contributed by atoms with Gasteiger partial charge < -0.3 is 15.7 Å². The van der Waals surface area contributed by atoms with Crippen LogP contribution in [0.2, 0.25) is 0 Å². The number of halogens is 3. The van der Waals surface area contributed by atoms with Crippen LogP contribution in [0.4, 0.5) is 5.69 Å². The van der Waals surface area contributed by atoms with Gasteiger partial charge >= 0.3 is 5.97 Å². The molecular weight excluding hydrogens is 629 g/mol. The molecule has 0 aliphatic rings. The summed E-state index contributed by atoms with van der Waals surface area (Å²) in [6.45, 7) is 1.88. The molecule has 0 aliphatic carbocycles. The van der Waals surface area contributed by atoms with E-state index in [0.717, 1.165) is 0 Å². The lowest BCUT2D eigenvalue weighted by atomic mass is 10.1. The summed E-state index contributed by atoms with van der Waals surface area (Å²) in [5.74, 6) is -1.74. The predicted molar refractivity (Wildman–Crippen MR) is 108 cm³/mol. The SMILES string of the molecule is CCCC(=O)Nc1c(I)c(C(=O)O)c(I)c(C(=O)NC)c1I. The molecule has 1 rings (SSSR count). The van der Waals surface area contributed by atoms with Gasteiger partial charge in [-0.25, -0.2) is 4.79 Å². The van der Waals surface area contributed by atoms with Crippen LogP contribution < -0.4 is 10.6 Å². The lowest BCUT2D eigenvalue weighted by molar-refractivity contribution is -0.116. The van der Waals surface area contributed by atoms with Crippen LogP contribution in [0.25, 0.3) is 0 Å². The minimum atomic E-state index is -1.14. The first-order valence-corrected chi connectivity index (χ1v) is 9.45. The van der Waals surface area contributed by atoms with Crippen molar-refractivity contribution >= 4 is 91.2 Å². The van der Waals surface area contributed by atoms with Gasteiger partial charge in [-0.3, -0.25) is 9.59 Å². The van der Waals surface area contributed by atoms with Gasteiger partial charge in [-0.05, 0) is 74.2 Å². The molecule has 1 aromatic rings. The number of hydrogen-bond acceptors (Lipinski definition) is 3. The monoisotopic (exact) mass is 642 g/mol. The van der Waals surface area contributed by atoms with Crippen LogP contribution in [0.5, 0.6) is 0 Å². The summed E-state index contributed by atoms with van der Waals surface area (Å²) in [6, 6.07) is 0. The number of amides is 2. The van der Waals surface area contributed by atoms with Gasteiger partial charge in [-0.15, -0.1) is 0 Å². The fourth-order valence-electron chi connectivity index (χ4n) is 1.71. The predicted octanol–water partition coefficient (Wildman–Crippen LogP) is 3.30. The van der Waals surface area contributed by atoms with Crippen LogP contribution in [0.1, 0.15) is 40.5 Å². The Labute approximate surface area is 168 Å².